The number of rotatable bonds is 2. The first-order valence-electron chi connectivity index (χ1n) is 3.37. The third kappa shape index (κ3) is 1.51. The van der Waals surface area contributed by atoms with Crippen LogP contribution >= 0.6 is 0 Å². The second-order valence-electron chi connectivity index (χ2n) is 2.79. The minimum atomic E-state index is -2.29. The Morgan fingerprint density at radius 3 is 2.38 bits per heavy atom. The fourth-order valence-corrected chi connectivity index (χ4v) is 1.10. The van der Waals surface area contributed by atoms with Crippen LogP contribution in [-0.4, -0.2) is 43.9 Å². The molecular weight excluding hydrogens is 182 g/mol. The number of hydroxylamine groups is 2. The molecule has 1 rings (SSSR count). The van der Waals surface area contributed by atoms with Crippen LogP contribution in [0.5, 0.6) is 0 Å². The number of amides is 2. The van der Waals surface area contributed by atoms with Gasteiger partial charge in [0.1, 0.15) is 0 Å². The Kier molecular flexibility index (Phi) is 2.06. The molecule has 0 saturated carbocycles. The van der Waals surface area contributed by atoms with Crippen molar-refractivity contribution >= 4 is 17.8 Å². The number of carbonyl (C=O) groups excluding carboxylic acids is 2. The zero-order valence-electron chi connectivity index (χ0n) is 6.43. The predicted octanol–water partition coefficient (Wildman–Crippen LogP) is -1.66. The number of nitrogens with zero attached hydrogens (tertiary/aromatic N) is 1. The Hall–Kier alpha value is -1.47. The highest BCUT2D eigenvalue weighted by atomic mass is 16.5. The van der Waals surface area contributed by atoms with Crippen LogP contribution in [-0.2, 0) is 14.4 Å². The van der Waals surface area contributed by atoms with Crippen LogP contribution in [0.1, 0.15) is 12.8 Å². The van der Waals surface area contributed by atoms with E-state index in [0.717, 1.165) is 0 Å². The lowest BCUT2D eigenvalue weighted by Gasteiger charge is -2.15. The van der Waals surface area contributed by atoms with E-state index in [0.29, 0.717) is 0 Å². The number of carboxylic acid groups (broad SMARTS) is 1. The van der Waals surface area contributed by atoms with Crippen molar-refractivity contribution in [1.82, 2.24) is 5.06 Å². The fraction of sp³-hybridized carbons (Fsp3) is 0.500. The number of carbonyl (C=O) groups is 3. The molecule has 1 atom stereocenters. The van der Waals surface area contributed by atoms with Crippen LogP contribution in [0, 0.1) is 0 Å². The lowest BCUT2D eigenvalue weighted by atomic mass is 9.98. The molecule has 1 saturated heterocycles. The summed E-state index contributed by atoms with van der Waals surface area (Å²) < 4.78 is 0. The molecule has 3 N–H and O–H groups in total. The minimum Gasteiger partial charge on any atom is -0.481 e. The van der Waals surface area contributed by atoms with Crippen molar-refractivity contribution in [1.29, 1.82) is 0 Å². The molecule has 0 aromatic heterocycles. The summed E-state index contributed by atoms with van der Waals surface area (Å²) in [7, 11) is 0. The monoisotopic (exact) mass is 189 g/mol. The van der Waals surface area contributed by atoms with Gasteiger partial charge in [-0.2, -0.15) is 5.06 Å². The quantitative estimate of drug-likeness (QED) is 0.353. The molecule has 7 heteroatoms. The number of hydrogen-bond acceptors (Lipinski definition) is 5. The van der Waals surface area contributed by atoms with Gasteiger partial charge in [0.25, 0.3) is 11.8 Å². The molecule has 1 aliphatic rings. The summed E-state index contributed by atoms with van der Waals surface area (Å²) in [5.74, 6) is -3.72. The fourth-order valence-electron chi connectivity index (χ4n) is 1.10. The molecule has 1 aliphatic heterocycles. The van der Waals surface area contributed by atoms with E-state index in [4.69, 9.17) is 10.3 Å². The van der Waals surface area contributed by atoms with E-state index in [1.807, 2.05) is 0 Å². The lowest BCUT2D eigenvalue weighted by molar-refractivity contribution is -0.178. The molecule has 0 aliphatic carbocycles. The molecule has 0 bridgehead atoms. The van der Waals surface area contributed by atoms with Gasteiger partial charge >= 0.3 is 5.97 Å². The number of aliphatic hydroxyl groups is 1. The van der Waals surface area contributed by atoms with Gasteiger partial charge in [-0.05, 0) is 0 Å². The zero-order chi connectivity index (χ0) is 10.2. The van der Waals surface area contributed by atoms with E-state index in [1.165, 1.54) is 0 Å². The number of imide groups is 1. The van der Waals surface area contributed by atoms with Gasteiger partial charge in [-0.25, -0.2) is 0 Å². The summed E-state index contributed by atoms with van der Waals surface area (Å²) in [5, 5.41) is 26.1. The predicted molar refractivity (Wildman–Crippen MR) is 35.5 cm³/mol. The average Bonchev–Trinajstić information content (AvgIpc) is 2.14. The van der Waals surface area contributed by atoms with Crippen molar-refractivity contribution in [2.75, 3.05) is 0 Å². The topological polar surface area (TPSA) is 115 Å². The Labute approximate surface area is 72.1 Å². The van der Waals surface area contributed by atoms with Crippen molar-refractivity contribution in [3.8, 4) is 0 Å². The van der Waals surface area contributed by atoms with Gasteiger partial charge in [-0.1, -0.05) is 0 Å². The van der Waals surface area contributed by atoms with Crippen LogP contribution in [0.4, 0.5) is 0 Å². The molecule has 72 valence electrons. The first-order chi connectivity index (χ1) is 5.87. The van der Waals surface area contributed by atoms with Crippen molar-refractivity contribution in [3.63, 3.8) is 0 Å². The van der Waals surface area contributed by atoms with Gasteiger partial charge in [0.15, 0.2) is 5.60 Å². The highest BCUT2D eigenvalue weighted by Crippen LogP contribution is 2.25. The Bertz CT molecular complexity index is 283. The SMILES string of the molecule is O=C(O)C[C@]1(O)CC(=O)N(O)C1=O. The Balaban J connectivity index is 2.87. The molecule has 1 fully saturated rings. The van der Waals surface area contributed by atoms with E-state index >= 15 is 0 Å². The minimum absolute atomic E-state index is 0.261. The van der Waals surface area contributed by atoms with E-state index in [-0.39, 0.29) is 5.06 Å². The van der Waals surface area contributed by atoms with E-state index in [2.05, 4.69) is 0 Å². The highest BCUT2D eigenvalue weighted by Gasteiger charge is 2.51. The third-order valence-corrected chi connectivity index (χ3v) is 1.71. The van der Waals surface area contributed by atoms with Gasteiger partial charge in [0.05, 0.1) is 12.8 Å². The molecule has 1 heterocycles. The maximum Gasteiger partial charge on any atom is 0.306 e. The molecule has 0 spiro atoms. The molecule has 0 unspecified atom stereocenters. The lowest BCUT2D eigenvalue weighted by Crippen LogP contribution is -2.40. The largest absolute Gasteiger partial charge is 0.481 e. The van der Waals surface area contributed by atoms with Gasteiger partial charge < -0.3 is 10.2 Å². The Morgan fingerprint density at radius 2 is 2.08 bits per heavy atom. The van der Waals surface area contributed by atoms with Crippen molar-refractivity contribution < 1.29 is 29.8 Å². The van der Waals surface area contributed by atoms with Crippen LogP contribution in [0.15, 0.2) is 0 Å². The number of aliphatic carboxylic acids is 1. The average molecular weight is 189 g/mol. The van der Waals surface area contributed by atoms with Crippen molar-refractivity contribution in [2.24, 2.45) is 0 Å². The molecule has 0 aromatic rings. The van der Waals surface area contributed by atoms with Crippen molar-refractivity contribution in [2.45, 2.75) is 18.4 Å². The summed E-state index contributed by atoms with van der Waals surface area (Å²) in [6.45, 7) is 0. The van der Waals surface area contributed by atoms with Gasteiger partial charge in [-0.3, -0.25) is 19.6 Å². The summed E-state index contributed by atoms with van der Waals surface area (Å²) in [5.41, 5.74) is -2.29. The van der Waals surface area contributed by atoms with Crippen LogP contribution in [0.25, 0.3) is 0 Å². The highest BCUT2D eigenvalue weighted by molar-refractivity contribution is 6.07. The third-order valence-electron chi connectivity index (χ3n) is 1.71. The van der Waals surface area contributed by atoms with Crippen molar-refractivity contribution in [3.05, 3.63) is 0 Å². The van der Waals surface area contributed by atoms with Crippen LogP contribution in [0.2, 0.25) is 0 Å². The van der Waals surface area contributed by atoms with E-state index in [9.17, 15) is 19.5 Å². The summed E-state index contributed by atoms with van der Waals surface area (Å²) in [6.07, 6.45) is -1.59. The van der Waals surface area contributed by atoms with E-state index in [1.54, 1.807) is 0 Å². The Morgan fingerprint density at radius 1 is 1.54 bits per heavy atom. The molecular formula is C6H7NO6. The molecule has 0 aromatic carbocycles. The summed E-state index contributed by atoms with van der Waals surface area (Å²) in [4.78, 5) is 31.8. The molecule has 7 nitrogen and oxygen atoms in total. The normalized spacial score (nSPS) is 28.3. The maximum absolute atomic E-state index is 10.9. The first-order valence-corrected chi connectivity index (χ1v) is 3.37. The number of carboxylic acids is 1. The standard InChI is InChI=1S/C6H7NO6/c8-3-1-6(12,2-4(9)10)5(11)7(3)13/h12-13H,1-2H2,(H,9,10)/t6-/m1/s1. The zero-order valence-corrected chi connectivity index (χ0v) is 6.43. The molecule has 0 radical (unpaired) electrons. The van der Waals surface area contributed by atoms with E-state index < -0.39 is 36.2 Å². The summed E-state index contributed by atoms with van der Waals surface area (Å²) in [6, 6.07) is 0. The summed E-state index contributed by atoms with van der Waals surface area (Å²) >= 11 is 0. The van der Waals surface area contributed by atoms with Gasteiger partial charge in [-0.15, -0.1) is 0 Å². The maximum atomic E-state index is 10.9. The van der Waals surface area contributed by atoms with Crippen LogP contribution < -0.4 is 0 Å². The second-order valence-corrected chi connectivity index (χ2v) is 2.79. The molecule has 2 amide bonds. The first kappa shape index (κ1) is 9.62. The smallest absolute Gasteiger partial charge is 0.306 e. The van der Waals surface area contributed by atoms with Gasteiger partial charge in [0, 0.05) is 0 Å². The van der Waals surface area contributed by atoms with Crippen LogP contribution in [0.3, 0.4) is 0 Å². The van der Waals surface area contributed by atoms with Gasteiger partial charge in [0.2, 0.25) is 0 Å². The second kappa shape index (κ2) is 2.79. The molecule has 13 heavy (non-hydrogen) atoms. The number of hydrogen-bond donors (Lipinski definition) is 3.